The van der Waals surface area contributed by atoms with Crippen LogP contribution in [-0.2, 0) is 0 Å². The van der Waals surface area contributed by atoms with Gasteiger partial charge in [-0.2, -0.15) is 0 Å². The van der Waals surface area contributed by atoms with Crippen LogP contribution in [0.5, 0.6) is 0 Å². The highest BCUT2D eigenvalue weighted by atomic mass is 35.5. The minimum absolute atomic E-state index is 0.242. The highest BCUT2D eigenvalue weighted by Crippen LogP contribution is 2.26. The maximum Gasteiger partial charge on any atom is 0.257 e. The van der Waals surface area contributed by atoms with Gasteiger partial charge in [-0.1, -0.05) is 35.3 Å². The number of para-hydroxylation sites is 1. The van der Waals surface area contributed by atoms with Gasteiger partial charge < -0.3 is 10.6 Å². The minimum Gasteiger partial charge on any atom is -0.387 e. The molecule has 0 radical (unpaired) electrons. The Kier molecular flexibility index (Phi) is 4.30. The summed E-state index contributed by atoms with van der Waals surface area (Å²) in [4.78, 5) is 12.2. The molecule has 19 heavy (non-hydrogen) atoms. The number of nitrogens with one attached hydrogen (secondary N) is 2. The van der Waals surface area contributed by atoms with Gasteiger partial charge in [0.1, 0.15) is 0 Å². The van der Waals surface area contributed by atoms with Crippen LogP contribution in [0, 0.1) is 0 Å². The zero-order valence-electron chi connectivity index (χ0n) is 10.2. The Hall–Kier alpha value is -1.71. The van der Waals surface area contributed by atoms with Gasteiger partial charge in [0, 0.05) is 17.8 Å². The number of halogens is 2. The van der Waals surface area contributed by atoms with Crippen LogP contribution in [0.3, 0.4) is 0 Å². The lowest BCUT2D eigenvalue weighted by atomic mass is 10.1. The Balaban J connectivity index is 2.28. The molecule has 2 aromatic rings. The molecule has 0 fully saturated rings. The number of carbonyl (C=O) groups excluding carboxylic acids is 1. The first kappa shape index (κ1) is 13.7. The third-order valence-corrected chi connectivity index (χ3v) is 3.18. The third-order valence-electron chi connectivity index (χ3n) is 2.62. The van der Waals surface area contributed by atoms with Crippen LogP contribution in [0.15, 0.2) is 42.5 Å². The Labute approximate surface area is 121 Å². The van der Waals surface area contributed by atoms with Gasteiger partial charge in [-0.05, 0) is 30.3 Å². The van der Waals surface area contributed by atoms with E-state index in [0.29, 0.717) is 21.3 Å². The SMILES string of the molecule is CNc1ccccc1C(=O)Nc1cc(Cl)ccc1Cl. The van der Waals surface area contributed by atoms with Gasteiger partial charge in [0.15, 0.2) is 0 Å². The van der Waals surface area contributed by atoms with E-state index < -0.39 is 0 Å². The first-order valence-electron chi connectivity index (χ1n) is 5.65. The lowest BCUT2D eigenvalue weighted by molar-refractivity contribution is 0.102. The number of hydrogen-bond acceptors (Lipinski definition) is 2. The van der Waals surface area contributed by atoms with Gasteiger partial charge in [-0.15, -0.1) is 0 Å². The summed E-state index contributed by atoms with van der Waals surface area (Å²) in [5.74, 6) is -0.242. The van der Waals surface area contributed by atoms with Crippen molar-refractivity contribution in [3.8, 4) is 0 Å². The summed E-state index contributed by atoms with van der Waals surface area (Å²) < 4.78 is 0. The second-order valence-corrected chi connectivity index (χ2v) is 4.72. The van der Waals surface area contributed by atoms with Gasteiger partial charge in [0.25, 0.3) is 5.91 Å². The van der Waals surface area contributed by atoms with Crippen molar-refractivity contribution in [2.75, 3.05) is 17.7 Å². The Morgan fingerprint density at radius 2 is 1.79 bits per heavy atom. The molecule has 0 atom stereocenters. The molecule has 0 heterocycles. The smallest absolute Gasteiger partial charge is 0.257 e. The molecule has 0 aliphatic carbocycles. The van der Waals surface area contributed by atoms with Crippen LogP contribution in [0.1, 0.15) is 10.4 Å². The van der Waals surface area contributed by atoms with E-state index in [1.54, 1.807) is 37.4 Å². The third kappa shape index (κ3) is 3.19. The second-order valence-electron chi connectivity index (χ2n) is 3.87. The van der Waals surface area contributed by atoms with Gasteiger partial charge in [0.2, 0.25) is 0 Å². The zero-order chi connectivity index (χ0) is 13.8. The van der Waals surface area contributed by atoms with Crippen molar-refractivity contribution in [2.24, 2.45) is 0 Å². The number of amides is 1. The predicted octanol–water partition coefficient (Wildman–Crippen LogP) is 4.29. The molecule has 0 aromatic heterocycles. The maximum atomic E-state index is 12.2. The summed E-state index contributed by atoms with van der Waals surface area (Å²) in [5, 5.41) is 6.67. The maximum absolute atomic E-state index is 12.2. The number of hydrogen-bond donors (Lipinski definition) is 2. The van der Waals surface area contributed by atoms with Gasteiger partial charge >= 0.3 is 0 Å². The van der Waals surface area contributed by atoms with E-state index in [1.165, 1.54) is 0 Å². The predicted molar refractivity (Wildman–Crippen MR) is 80.4 cm³/mol. The summed E-state index contributed by atoms with van der Waals surface area (Å²) >= 11 is 11.9. The molecule has 0 saturated carbocycles. The first-order chi connectivity index (χ1) is 9.11. The van der Waals surface area contributed by atoms with Crippen molar-refractivity contribution in [2.45, 2.75) is 0 Å². The van der Waals surface area contributed by atoms with E-state index in [9.17, 15) is 4.79 Å². The number of carbonyl (C=O) groups is 1. The Morgan fingerprint density at radius 3 is 2.53 bits per heavy atom. The molecule has 2 N–H and O–H groups in total. The average molecular weight is 295 g/mol. The van der Waals surface area contributed by atoms with Gasteiger partial charge in [-0.3, -0.25) is 4.79 Å². The molecule has 0 spiro atoms. The molecule has 2 rings (SSSR count). The molecule has 3 nitrogen and oxygen atoms in total. The van der Waals surface area contributed by atoms with Gasteiger partial charge in [0.05, 0.1) is 16.3 Å². The molecule has 0 bridgehead atoms. The van der Waals surface area contributed by atoms with E-state index in [0.717, 1.165) is 5.69 Å². The number of rotatable bonds is 3. The molecule has 0 aliphatic rings. The normalized spacial score (nSPS) is 10.1. The zero-order valence-corrected chi connectivity index (χ0v) is 11.7. The van der Waals surface area contributed by atoms with Crippen molar-refractivity contribution < 1.29 is 4.79 Å². The van der Waals surface area contributed by atoms with E-state index in [1.807, 2.05) is 12.1 Å². The number of benzene rings is 2. The van der Waals surface area contributed by atoms with E-state index >= 15 is 0 Å². The van der Waals surface area contributed by atoms with Crippen LogP contribution in [0.4, 0.5) is 11.4 Å². The molecule has 0 unspecified atom stereocenters. The van der Waals surface area contributed by atoms with Gasteiger partial charge in [-0.25, -0.2) is 0 Å². The van der Waals surface area contributed by atoms with Crippen LogP contribution in [0.25, 0.3) is 0 Å². The van der Waals surface area contributed by atoms with Crippen molar-refractivity contribution in [3.63, 3.8) is 0 Å². The largest absolute Gasteiger partial charge is 0.387 e. The monoisotopic (exact) mass is 294 g/mol. The summed E-state index contributed by atoms with van der Waals surface area (Å²) in [5.41, 5.74) is 1.78. The fourth-order valence-electron chi connectivity index (χ4n) is 1.68. The molecule has 0 saturated heterocycles. The highest BCUT2D eigenvalue weighted by Gasteiger charge is 2.12. The summed E-state index contributed by atoms with van der Waals surface area (Å²) in [6.45, 7) is 0. The summed E-state index contributed by atoms with van der Waals surface area (Å²) in [7, 11) is 1.76. The molecule has 2 aromatic carbocycles. The highest BCUT2D eigenvalue weighted by molar-refractivity contribution is 6.36. The van der Waals surface area contributed by atoms with Crippen LogP contribution in [0.2, 0.25) is 10.0 Å². The molecule has 5 heteroatoms. The Bertz CT molecular complexity index is 614. The fourth-order valence-corrected chi connectivity index (χ4v) is 2.02. The Morgan fingerprint density at radius 1 is 1.05 bits per heavy atom. The number of anilines is 2. The lowest BCUT2D eigenvalue weighted by Gasteiger charge is -2.11. The van der Waals surface area contributed by atoms with Crippen molar-refractivity contribution in [1.82, 2.24) is 0 Å². The van der Waals surface area contributed by atoms with Crippen molar-refractivity contribution >= 4 is 40.5 Å². The second kappa shape index (κ2) is 5.95. The minimum atomic E-state index is -0.242. The van der Waals surface area contributed by atoms with Crippen LogP contribution < -0.4 is 10.6 Å². The molecule has 98 valence electrons. The van der Waals surface area contributed by atoms with Crippen LogP contribution >= 0.6 is 23.2 Å². The standard InChI is InChI=1S/C14H12Cl2N2O/c1-17-12-5-3-2-4-10(12)14(19)18-13-8-9(15)6-7-11(13)16/h2-8,17H,1H3,(H,18,19). The first-order valence-corrected chi connectivity index (χ1v) is 6.40. The van der Waals surface area contributed by atoms with E-state index in [-0.39, 0.29) is 5.91 Å². The quantitative estimate of drug-likeness (QED) is 0.887. The van der Waals surface area contributed by atoms with E-state index in [4.69, 9.17) is 23.2 Å². The lowest BCUT2D eigenvalue weighted by Crippen LogP contribution is -2.14. The molecule has 0 aliphatic heterocycles. The molecule has 1 amide bonds. The summed E-state index contributed by atoms with van der Waals surface area (Å²) in [6, 6.07) is 12.1. The van der Waals surface area contributed by atoms with E-state index in [2.05, 4.69) is 10.6 Å². The average Bonchev–Trinajstić information content (AvgIpc) is 2.42. The summed E-state index contributed by atoms with van der Waals surface area (Å²) in [6.07, 6.45) is 0. The fraction of sp³-hybridized carbons (Fsp3) is 0.0714. The molecular formula is C14H12Cl2N2O. The van der Waals surface area contributed by atoms with Crippen LogP contribution in [-0.4, -0.2) is 13.0 Å². The molecular weight excluding hydrogens is 283 g/mol. The van der Waals surface area contributed by atoms with Crippen molar-refractivity contribution in [1.29, 1.82) is 0 Å². The topological polar surface area (TPSA) is 41.1 Å². The van der Waals surface area contributed by atoms with Crippen molar-refractivity contribution in [3.05, 3.63) is 58.1 Å².